The molecular weight excluding hydrogens is 389 g/mol. The van der Waals surface area contributed by atoms with Gasteiger partial charge in [0, 0.05) is 26.2 Å². The number of hydrogen-bond donors (Lipinski definition) is 2. The molecule has 122 valence electrons. The normalized spacial score (nSPS) is 27.5. The van der Waals surface area contributed by atoms with Crippen LogP contribution in [0.3, 0.4) is 0 Å². The molecule has 5 heteroatoms. The minimum atomic E-state index is -0.202. The smallest absolute Gasteiger partial charge is 0.194 e. The van der Waals surface area contributed by atoms with E-state index in [0.29, 0.717) is 18.4 Å². The van der Waals surface area contributed by atoms with Crippen LogP contribution in [0.25, 0.3) is 0 Å². The summed E-state index contributed by atoms with van der Waals surface area (Å²) in [6, 6.07) is 10.7. The van der Waals surface area contributed by atoms with Gasteiger partial charge in [-0.3, -0.25) is 4.99 Å². The van der Waals surface area contributed by atoms with Crippen molar-refractivity contribution in [3.8, 4) is 0 Å². The van der Waals surface area contributed by atoms with Gasteiger partial charge in [-0.05, 0) is 37.2 Å². The lowest BCUT2D eigenvalue weighted by Gasteiger charge is -2.20. The third-order valence-electron chi connectivity index (χ3n) is 4.42. The van der Waals surface area contributed by atoms with E-state index in [1.165, 1.54) is 12.0 Å². The van der Waals surface area contributed by atoms with Gasteiger partial charge in [0.2, 0.25) is 0 Å². The van der Waals surface area contributed by atoms with Crippen LogP contribution >= 0.6 is 24.0 Å². The molecule has 0 spiro atoms. The monoisotopic (exact) mass is 415 g/mol. The standard InChI is InChI=1S/C17H25N3O.HI/c1-2-18-17(20-9-8-15(21)12-20)19-11-14-10-16(14)13-6-4-3-5-7-13;/h3-7,14-16,21H,2,8-12H2,1H3,(H,18,19);1H/t14?,15-,16?;/m1./s1. The van der Waals surface area contributed by atoms with Gasteiger partial charge in [0.1, 0.15) is 0 Å². The maximum absolute atomic E-state index is 9.67. The van der Waals surface area contributed by atoms with E-state index >= 15 is 0 Å². The molecule has 2 N–H and O–H groups in total. The van der Waals surface area contributed by atoms with Crippen molar-refractivity contribution in [3.05, 3.63) is 35.9 Å². The van der Waals surface area contributed by atoms with Crippen LogP contribution in [0.2, 0.25) is 0 Å². The highest BCUT2D eigenvalue weighted by molar-refractivity contribution is 14.0. The number of guanidine groups is 1. The molecule has 2 fully saturated rings. The lowest BCUT2D eigenvalue weighted by molar-refractivity contribution is 0.188. The van der Waals surface area contributed by atoms with Crippen molar-refractivity contribution < 1.29 is 5.11 Å². The summed E-state index contributed by atoms with van der Waals surface area (Å²) in [6.45, 7) is 5.46. The van der Waals surface area contributed by atoms with Crippen LogP contribution in [0.4, 0.5) is 0 Å². The van der Waals surface area contributed by atoms with Crippen LogP contribution in [0.1, 0.15) is 31.2 Å². The molecule has 2 unspecified atom stereocenters. The molecule has 3 atom stereocenters. The third kappa shape index (κ3) is 4.35. The van der Waals surface area contributed by atoms with Gasteiger partial charge >= 0.3 is 0 Å². The van der Waals surface area contributed by atoms with Gasteiger partial charge in [-0.15, -0.1) is 24.0 Å². The first-order chi connectivity index (χ1) is 10.3. The quantitative estimate of drug-likeness (QED) is 0.451. The van der Waals surface area contributed by atoms with Crippen LogP contribution in [-0.4, -0.2) is 48.2 Å². The van der Waals surface area contributed by atoms with Crippen molar-refractivity contribution in [2.75, 3.05) is 26.2 Å². The zero-order valence-electron chi connectivity index (χ0n) is 13.1. The Morgan fingerprint density at radius 2 is 2.14 bits per heavy atom. The Morgan fingerprint density at radius 1 is 1.36 bits per heavy atom. The molecule has 1 aliphatic heterocycles. The number of nitrogens with zero attached hydrogens (tertiary/aromatic N) is 2. The number of benzene rings is 1. The van der Waals surface area contributed by atoms with E-state index in [1.807, 2.05) is 0 Å². The molecule has 4 nitrogen and oxygen atoms in total. The fraction of sp³-hybridized carbons (Fsp3) is 0.588. The summed E-state index contributed by atoms with van der Waals surface area (Å²) >= 11 is 0. The number of likely N-dealkylation sites (tertiary alicyclic amines) is 1. The van der Waals surface area contributed by atoms with Crippen LogP contribution < -0.4 is 5.32 Å². The second-order valence-electron chi connectivity index (χ2n) is 6.10. The maximum atomic E-state index is 9.67. The number of β-amino-alcohol motifs (C(OH)–C–C–N with tert-alkyl or cyclic N) is 1. The fourth-order valence-corrected chi connectivity index (χ4v) is 3.12. The fourth-order valence-electron chi connectivity index (χ4n) is 3.12. The predicted molar refractivity (Wildman–Crippen MR) is 101 cm³/mol. The van der Waals surface area contributed by atoms with E-state index in [0.717, 1.165) is 32.0 Å². The molecule has 1 aliphatic carbocycles. The summed E-state index contributed by atoms with van der Waals surface area (Å²) in [7, 11) is 0. The van der Waals surface area contributed by atoms with Crippen LogP contribution in [0.5, 0.6) is 0 Å². The van der Waals surface area contributed by atoms with Gasteiger partial charge in [0.25, 0.3) is 0 Å². The number of aliphatic hydroxyl groups excluding tert-OH is 1. The van der Waals surface area contributed by atoms with Crippen molar-refractivity contribution in [1.82, 2.24) is 10.2 Å². The third-order valence-corrected chi connectivity index (χ3v) is 4.42. The summed E-state index contributed by atoms with van der Waals surface area (Å²) in [5.41, 5.74) is 1.44. The zero-order chi connectivity index (χ0) is 14.7. The van der Waals surface area contributed by atoms with Gasteiger partial charge in [-0.25, -0.2) is 0 Å². The Kier molecular flexibility index (Phi) is 6.50. The second-order valence-corrected chi connectivity index (χ2v) is 6.10. The summed E-state index contributed by atoms with van der Waals surface area (Å²) in [5.74, 6) is 2.32. The molecule has 0 aromatic heterocycles. The van der Waals surface area contributed by atoms with Crippen LogP contribution in [0, 0.1) is 5.92 Å². The summed E-state index contributed by atoms with van der Waals surface area (Å²) < 4.78 is 0. The van der Waals surface area contributed by atoms with Crippen LogP contribution in [-0.2, 0) is 0 Å². The van der Waals surface area contributed by atoms with E-state index in [2.05, 4.69) is 47.5 Å². The molecule has 1 saturated carbocycles. The number of aliphatic hydroxyl groups is 1. The number of nitrogens with one attached hydrogen (secondary N) is 1. The minimum Gasteiger partial charge on any atom is -0.391 e. The largest absolute Gasteiger partial charge is 0.391 e. The number of aliphatic imine (C=N–C) groups is 1. The first-order valence-corrected chi connectivity index (χ1v) is 8.04. The summed E-state index contributed by atoms with van der Waals surface area (Å²) in [4.78, 5) is 6.96. The zero-order valence-corrected chi connectivity index (χ0v) is 15.4. The average Bonchev–Trinajstić information content (AvgIpc) is 3.17. The van der Waals surface area contributed by atoms with Gasteiger partial charge in [-0.1, -0.05) is 30.3 Å². The summed E-state index contributed by atoms with van der Waals surface area (Å²) in [5, 5.41) is 13.0. The second kappa shape index (κ2) is 8.15. The van der Waals surface area contributed by atoms with Crippen molar-refractivity contribution >= 4 is 29.9 Å². The van der Waals surface area contributed by atoms with Gasteiger partial charge < -0.3 is 15.3 Å². The van der Waals surface area contributed by atoms with Gasteiger partial charge in [0.05, 0.1) is 6.10 Å². The molecule has 1 aromatic carbocycles. The lowest BCUT2D eigenvalue weighted by Crippen LogP contribution is -2.40. The Bertz CT molecular complexity index is 494. The molecule has 0 amide bonds. The van der Waals surface area contributed by atoms with E-state index in [-0.39, 0.29) is 30.1 Å². The van der Waals surface area contributed by atoms with E-state index in [4.69, 9.17) is 4.99 Å². The molecule has 1 heterocycles. The van der Waals surface area contributed by atoms with E-state index in [1.54, 1.807) is 0 Å². The topological polar surface area (TPSA) is 47.9 Å². The molecule has 0 radical (unpaired) electrons. The van der Waals surface area contributed by atoms with Crippen molar-refractivity contribution in [2.24, 2.45) is 10.9 Å². The Hall–Kier alpha value is -0.820. The SMILES string of the molecule is CCNC(=NCC1CC1c1ccccc1)N1CC[C@@H](O)C1.I. The molecular formula is C17H26IN3O. The number of hydrogen-bond acceptors (Lipinski definition) is 2. The first kappa shape index (κ1) is 17.5. The molecule has 1 saturated heterocycles. The van der Waals surface area contributed by atoms with E-state index in [9.17, 15) is 5.11 Å². The molecule has 0 bridgehead atoms. The number of rotatable bonds is 4. The van der Waals surface area contributed by atoms with E-state index < -0.39 is 0 Å². The highest BCUT2D eigenvalue weighted by Crippen LogP contribution is 2.47. The Labute approximate surface area is 150 Å². The van der Waals surface area contributed by atoms with Crippen molar-refractivity contribution in [1.29, 1.82) is 0 Å². The van der Waals surface area contributed by atoms with Crippen molar-refractivity contribution in [2.45, 2.75) is 31.8 Å². The van der Waals surface area contributed by atoms with Gasteiger partial charge in [-0.2, -0.15) is 0 Å². The molecule has 1 aromatic rings. The van der Waals surface area contributed by atoms with Crippen LogP contribution in [0.15, 0.2) is 35.3 Å². The average molecular weight is 415 g/mol. The lowest BCUT2D eigenvalue weighted by atomic mass is 10.1. The Morgan fingerprint density at radius 3 is 2.77 bits per heavy atom. The molecule has 22 heavy (non-hydrogen) atoms. The van der Waals surface area contributed by atoms with Crippen molar-refractivity contribution in [3.63, 3.8) is 0 Å². The highest BCUT2D eigenvalue weighted by atomic mass is 127. The maximum Gasteiger partial charge on any atom is 0.194 e. The molecule has 3 rings (SSSR count). The predicted octanol–water partition coefficient (Wildman–Crippen LogP) is 2.44. The Balaban J connectivity index is 0.00000176. The minimum absolute atomic E-state index is 0. The highest BCUT2D eigenvalue weighted by Gasteiger charge is 2.38. The first-order valence-electron chi connectivity index (χ1n) is 8.04. The number of halogens is 1. The van der Waals surface area contributed by atoms with Gasteiger partial charge in [0.15, 0.2) is 5.96 Å². The summed E-state index contributed by atoms with van der Waals surface area (Å²) in [6.07, 6.45) is 1.89. The molecule has 2 aliphatic rings.